The van der Waals surface area contributed by atoms with E-state index in [0.29, 0.717) is 24.6 Å². The maximum Gasteiger partial charge on any atom is 0.227 e. The van der Waals surface area contributed by atoms with Crippen molar-refractivity contribution in [2.45, 2.75) is 19.5 Å². The Labute approximate surface area is 156 Å². The van der Waals surface area contributed by atoms with Crippen molar-refractivity contribution in [1.29, 1.82) is 0 Å². The predicted octanol–water partition coefficient (Wildman–Crippen LogP) is 4.13. The molecule has 1 aromatic carbocycles. The highest BCUT2D eigenvalue weighted by Gasteiger charge is 2.17. The van der Waals surface area contributed by atoms with Crippen molar-refractivity contribution in [3.8, 4) is 11.5 Å². The van der Waals surface area contributed by atoms with E-state index in [1.807, 2.05) is 41.8 Å². The van der Waals surface area contributed by atoms with E-state index in [-0.39, 0.29) is 12.3 Å². The Morgan fingerprint density at radius 2 is 1.92 bits per heavy atom. The minimum atomic E-state index is 0.0276. The van der Waals surface area contributed by atoms with E-state index < -0.39 is 0 Å². The molecule has 6 heteroatoms. The summed E-state index contributed by atoms with van der Waals surface area (Å²) in [5.41, 5.74) is 1.99. The molecule has 0 fully saturated rings. The van der Waals surface area contributed by atoms with Crippen molar-refractivity contribution in [2.75, 3.05) is 14.2 Å². The van der Waals surface area contributed by atoms with Crippen LogP contribution in [0.15, 0.2) is 57.8 Å². The number of carbonyl (C=O) groups is 1. The van der Waals surface area contributed by atoms with Gasteiger partial charge in [0.15, 0.2) is 11.5 Å². The van der Waals surface area contributed by atoms with Crippen molar-refractivity contribution < 1.29 is 18.7 Å². The van der Waals surface area contributed by atoms with Gasteiger partial charge in [-0.2, -0.15) is 11.3 Å². The molecule has 0 spiro atoms. The summed E-state index contributed by atoms with van der Waals surface area (Å²) in [5, 5.41) is 4.07. The van der Waals surface area contributed by atoms with Gasteiger partial charge in [-0.15, -0.1) is 0 Å². The number of amides is 1. The van der Waals surface area contributed by atoms with Gasteiger partial charge in [0.05, 0.1) is 33.4 Å². The zero-order chi connectivity index (χ0) is 18.4. The topological polar surface area (TPSA) is 51.9 Å². The number of thiophene rings is 1. The molecule has 1 amide bonds. The van der Waals surface area contributed by atoms with E-state index in [2.05, 4.69) is 5.38 Å². The standard InChI is InChI=1S/C20H21NO4S/c1-23-18-6-5-15(10-19(18)24-2)11-20(22)21(12-16-7-9-26-14-16)13-17-4-3-8-25-17/h3-10,14H,11-13H2,1-2H3. The summed E-state index contributed by atoms with van der Waals surface area (Å²) in [6, 6.07) is 11.3. The van der Waals surface area contributed by atoms with Gasteiger partial charge in [0.1, 0.15) is 5.76 Å². The second-order valence-electron chi connectivity index (χ2n) is 5.83. The molecule has 26 heavy (non-hydrogen) atoms. The Bertz CT molecular complexity index is 791. The summed E-state index contributed by atoms with van der Waals surface area (Å²) in [6.45, 7) is 0.991. The van der Waals surface area contributed by atoms with Crippen LogP contribution in [0, 0.1) is 0 Å². The molecule has 0 N–H and O–H groups in total. The van der Waals surface area contributed by atoms with Gasteiger partial charge in [-0.25, -0.2) is 0 Å². The highest BCUT2D eigenvalue weighted by molar-refractivity contribution is 7.07. The molecule has 0 radical (unpaired) electrons. The predicted molar refractivity (Wildman–Crippen MR) is 101 cm³/mol. The number of hydrogen-bond acceptors (Lipinski definition) is 5. The zero-order valence-electron chi connectivity index (χ0n) is 14.8. The van der Waals surface area contributed by atoms with Gasteiger partial charge in [-0.1, -0.05) is 6.07 Å². The molecular weight excluding hydrogens is 350 g/mol. The maximum absolute atomic E-state index is 12.9. The van der Waals surface area contributed by atoms with Crippen molar-refractivity contribution in [2.24, 2.45) is 0 Å². The molecule has 5 nitrogen and oxygen atoms in total. The summed E-state index contributed by atoms with van der Waals surface area (Å²) in [6.07, 6.45) is 1.90. The summed E-state index contributed by atoms with van der Waals surface area (Å²) in [7, 11) is 3.18. The molecule has 0 aliphatic heterocycles. The summed E-state index contributed by atoms with van der Waals surface area (Å²) < 4.78 is 16.0. The van der Waals surface area contributed by atoms with Crippen LogP contribution >= 0.6 is 11.3 Å². The number of ether oxygens (including phenoxy) is 2. The average Bonchev–Trinajstić information content (AvgIpc) is 3.35. The van der Waals surface area contributed by atoms with E-state index in [0.717, 1.165) is 16.9 Å². The van der Waals surface area contributed by atoms with Gasteiger partial charge in [0, 0.05) is 6.54 Å². The van der Waals surface area contributed by atoms with Crippen LogP contribution in [0.25, 0.3) is 0 Å². The van der Waals surface area contributed by atoms with Crippen molar-refractivity contribution in [3.05, 3.63) is 70.3 Å². The van der Waals surface area contributed by atoms with Crippen LogP contribution < -0.4 is 9.47 Å². The van der Waals surface area contributed by atoms with Gasteiger partial charge in [-0.3, -0.25) is 4.79 Å². The third-order valence-electron chi connectivity index (χ3n) is 4.04. The molecule has 0 aliphatic rings. The molecular formula is C20H21NO4S. The highest BCUT2D eigenvalue weighted by Crippen LogP contribution is 2.28. The Hall–Kier alpha value is -2.73. The Morgan fingerprint density at radius 1 is 1.08 bits per heavy atom. The quantitative estimate of drug-likeness (QED) is 0.597. The molecule has 0 saturated carbocycles. The summed E-state index contributed by atoms with van der Waals surface area (Å²) in [4.78, 5) is 14.7. The van der Waals surface area contributed by atoms with Crippen LogP contribution in [0.2, 0.25) is 0 Å². The van der Waals surface area contributed by atoms with Gasteiger partial charge in [-0.05, 0) is 52.2 Å². The third-order valence-corrected chi connectivity index (χ3v) is 4.77. The van der Waals surface area contributed by atoms with Crippen molar-refractivity contribution >= 4 is 17.2 Å². The third kappa shape index (κ3) is 4.46. The molecule has 3 rings (SSSR count). The van der Waals surface area contributed by atoms with Crippen molar-refractivity contribution in [1.82, 2.24) is 4.90 Å². The second kappa shape index (κ2) is 8.58. The molecule has 0 atom stereocenters. The fourth-order valence-corrected chi connectivity index (χ4v) is 3.36. The maximum atomic E-state index is 12.9. The zero-order valence-corrected chi connectivity index (χ0v) is 15.6. The normalized spacial score (nSPS) is 10.5. The van der Waals surface area contributed by atoms with Gasteiger partial charge in [0.2, 0.25) is 5.91 Å². The lowest BCUT2D eigenvalue weighted by Crippen LogP contribution is -2.31. The van der Waals surface area contributed by atoms with E-state index in [1.165, 1.54) is 0 Å². The van der Waals surface area contributed by atoms with Crippen LogP contribution in [0.5, 0.6) is 11.5 Å². The molecule has 2 aromatic heterocycles. The van der Waals surface area contributed by atoms with E-state index in [9.17, 15) is 4.79 Å². The monoisotopic (exact) mass is 371 g/mol. The lowest BCUT2D eigenvalue weighted by Gasteiger charge is -2.21. The summed E-state index contributed by atoms with van der Waals surface area (Å²) in [5.74, 6) is 2.06. The fourth-order valence-electron chi connectivity index (χ4n) is 2.70. The first-order valence-corrected chi connectivity index (χ1v) is 9.16. The molecule has 3 aromatic rings. The van der Waals surface area contributed by atoms with Crippen LogP contribution in [-0.2, 0) is 24.3 Å². The molecule has 136 valence electrons. The molecule has 0 unspecified atom stereocenters. The Balaban J connectivity index is 1.76. The first-order chi connectivity index (χ1) is 12.7. The first kappa shape index (κ1) is 18.1. The van der Waals surface area contributed by atoms with Gasteiger partial charge in [0.25, 0.3) is 0 Å². The van der Waals surface area contributed by atoms with E-state index in [1.54, 1.807) is 36.7 Å². The average molecular weight is 371 g/mol. The Kier molecular flexibility index (Phi) is 5.96. The Morgan fingerprint density at radius 3 is 2.58 bits per heavy atom. The van der Waals surface area contributed by atoms with Crippen molar-refractivity contribution in [3.63, 3.8) is 0 Å². The smallest absolute Gasteiger partial charge is 0.227 e. The van der Waals surface area contributed by atoms with E-state index >= 15 is 0 Å². The van der Waals surface area contributed by atoms with Crippen LogP contribution in [-0.4, -0.2) is 25.0 Å². The number of furan rings is 1. The fraction of sp³-hybridized carbons (Fsp3) is 0.250. The highest BCUT2D eigenvalue weighted by atomic mass is 32.1. The number of nitrogens with zero attached hydrogens (tertiary/aromatic N) is 1. The minimum Gasteiger partial charge on any atom is -0.493 e. The lowest BCUT2D eigenvalue weighted by atomic mass is 10.1. The van der Waals surface area contributed by atoms with Gasteiger partial charge >= 0.3 is 0 Å². The number of carbonyl (C=O) groups excluding carboxylic acids is 1. The van der Waals surface area contributed by atoms with E-state index in [4.69, 9.17) is 13.9 Å². The van der Waals surface area contributed by atoms with Gasteiger partial charge < -0.3 is 18.8 Å². The molecule has 0 saturated heterocycles. The largest absolute Gasteiger partial charge is 0.493 e. The molecule has 0 bridgehead atoms. The SMILES string of the molecule is COc1ccc(CC(=O)N(Cc2ccsc2)Cc2ccco2)cc1OC. The number of methoxy groups -OCH3 is 2. The number of rotatable bonds is 8. The van der Waals surface area contributed by atoms with Crippen LogP contribution in [0.4, 0.5) is 0 Å². The first-order valence-electron chi connectivity index (χ1n) is 8.21. The summed E-state index contributed by atoms with van der Waals surface area (Å²) >= 11 is 1.62. The minimum absolute atomic E-state index is 0.0276. The number of benzene rings is 1. The second-order valence-corrected chi connectivity index (χ2v) is 6.61. The lowest BCUT2D eigenvalue weighted by molar-refractivity contribution is -0.132. The number of hydrogen-bond donors (Lipinski definition) is 0. The molecule has 0 aliphatic carbocycles. The van der Waals surface area contributed by atoms with Crippen LogP contribution in [0.3, 0.4) is 0 Å². The van der Waals surface area contributed by atoms with Crippen LogP contribution in [0.1, 0.15) is 16.9 Å². The molecule has 2 heterocycles.